The zero-order chi connectivity index (χ0) is 28.1. The van der Waals surface area contributed by atoms with E-state index in [9.17, 15) is 9.59 Å². The van der Waals surface area contributed by atoms with Gasteiger partial charge in [-0.1, -0.05) is 93.8 Å². The van der Waals surface area contributed by atoms with Crippen LogP contribution in [0, 0.1) is 19.8 Å². The summed E-state index contributed by atoms with van der Waals surface area (Å²) in [7, 11) is 2.13. The van der Waals surface area contributed by atoms with Crippen molar-refractivity contribution in [3.8, 4) is 0 Å². The van der Waals surface area contributed by atoms with Crippen LogP contribution in [-0.2, 0) is 22.4 Å². The predicted octanol–water partition coefficient (Wildman–Crippen LogP) is 8.10. The third-order valence-electron chi connectivity index (χ3n) is 7.81. The van der Waals surface area contributed by atoms with Crippen LogP contribution in [0.25, 0.3) is 5.57 Å². The largest absolute Gasteiger partial charge is 0.374 e. The van der Waals surface area contributed by atoms with Crippen LogP contribution in [0.1, 0.15) is 55.5 Å². The summed E-state index contributed by atoms with van der Waals surface area (Å²) in [6.07, 6.45) is 13.9. The maximum absolute atomic E-state index is 13.4. The van der Waals surface area contributed by atoms with Crippen molar-refractivity contribution < 1.29 is 9.59 Å². The second-order valence-electron chi connectivity index (χ2n) is 10.6. The average molecular weight is 534 g/mol. The van der Waals surface area contributed by atoms with Crippen molar-refractivity contribution in [2.24, 2.45) is 5.92 Å². The maximum atomic E-state index is 13.4. The summed E-state index contributed by atoms with van der Waals surface area (Å²) in [4.78, 5) is 29.0. The van der Waals surface area contributed by atoms with Gasteiger partial charge in [-0.3, -0.25) is 9.59 Å². The fraction of sp³-hybridized carbons (Fsp3) is 0.297. The molecule has 1 atom stereocenters. The van der Waals surface area contributed by atoms with Crippen molar-refractivity contribution in [1.82, 2.24) is 4.90 Å². The molecule has 2 aliphatic rings. The summed E-state index contributed by atoms with van der Waals surface area (Å²) in [6, 6.07) is 14.6. The maximum Gasteiger partial charge on any atom is 0.192 e. The van der Waals surface area contributed by atoms with Crippen LogP contribution in [-0.4, -0.2) is 30.1 Å². The number of allylic oxidation sites excluding steroid dienone is 10. The molecule has 3 heteroatoms. The molecule has 0 saturated carbocycles. The lowest BCUT2D eigenvalue weighted by molar-refractivity contribution is -0.121. The summed E-state index contributed by atoms with van der Waals surface area (Å²) in [6.45, 7) is 13.4. The topological polar surface area (TPSA) is 37.4 Å². The highest BCUT2D eigenvalue weighted by molar-refractivity contribution is 6.27. The Balaban J connectivity index is 0.00000441. The van der Waals surface area contributed by atoms with E-state index in [2.05, 4.69) is 94.8 Å². The van der Waals surface area contributed by atoms with Gasteiger partial charge in [-0.15, -0.1) is 0 Å². The minimum Gasteiger partial charge on any atom is -0.374 e. The number of carbonyl (C=O) groups excluding carboxylic acids is 2. The standard InChI is InChI=1S/C36H39NO2.CH4/c1-7-31(32-16-11-19-37(6)34(32)8-2)29-13-9-12-27(22-29)21-26(5)35(38)33-15-10-14-30(36(33)39)23-28-18-17-24(3)25(4)20-28;/h7,9-18,20,22,30H,5,8,19,21,23H2,1-4,6H3;1H4/b31-7-;. The molecule has 0 N–H and O–H groups in total. The Labute approximate surface area is 241 Å². The molecule has 2 aromatic carbocycles. The zero-order valence-corrected chi connectivity index (χ0v) is 23.9. The molecule has 40 heavy (non-hydrogen) atoms. The smallest absolute Gasteiger partial charge is 0.192 e. The first-order valence-corrected chi connectivity index (χ1v) is 13.8. The van der Waals surface area contributed by atoms with E-state index in [4.69, 9.17) is 0 Å². The summed E-state index contributed by atoms with van der Waals surface area (Å²) < 4.78 is 0. The Hall–Kier alpha value is -3.98. The van der Waals surface area contributed by atoms with E-state index in [-0.39, 0.29) is 30.5 Å². The number of rotatable bonds is 9. The Bertz CT molecular complexity index is 1460. The van der Waals surface area contributed by atoms with E-state index in [1.807, 2.05) is 24.3 Å². The Morgan fingerprint density at radius 2 is 1.88 bits per heavy atom. The second kappa shape index (κ2) is 13.4. The number of likely N-dealkylation sites (N-methyl/N-ethyl adjacent to an activating group) is 1. The minimum atomic E-state index is -0.341. The number of carbonyl (C=O) groups is 2. The molecule has 0 bridgehead atoms. The van der Waals surface area contributed by atoms with Crippen molar-refractivity contribution >= 4 is 17.1 Å². The van der Waals surface area contributed by atoms with Crippen LogP contribution < -0.4 is 0 Å². The molecule has 0 fully saturated rings. The first kappa shape index (κ1) is 30.6. The van der Waals surface area contributed by atoms with Crippen LogP contribution in [0.5, 0.6) is 0 Å². The van der Waals surface area contributed by atoms with Crippen LogP contribution >= 0.6 is 0 Å². The van der Waals surface area contributed by atoms with Crippen LogP contribution in [0.3, 0.4) is 0 Å². The second-order valence-corrected chi connectivity index (χ2v) is 10.6. The van der Waals surface area contributed by atoms with Crippen LogP contribution in [0.15, 0.2) is 108 Å². The van der Waals surface area contributed by atoms with Gasteiger partial charge in [0.05, 0.1) is 5.57 Å². The lowest BCUT2D eigenvalue weighted by Gasteiger charge is -2.28. The van der Waals surface area contributed by atoms with Crippen molar-refractivity contribution in [2.75, 3.05) is 13.6 Å². The van der Waals surface area contributed by atoms with E-state index in [1.54, 1.807) is 6.08 Å². The molecule has 1 aliphatic carbocycles. The number of hydrogen-bond acceptors (Lipinski definition) is 3. The number of aryl methyl sites for hydroxylation is 2. The summed E-state index contributed by atoms with van der Waals surface area (Å²) in [5.41, 5.74) is 10.0. The lowest BCUT2D eigenvalue weighted by Crippen LogP contribution is -2.25. The van der Waals surface area contributed by atoms with Gasteiger partial charge in [-0.2, -0.15) is 0 Å². The quantitative estimate of drug-likeness (QED) is 0.241. The van der Waals surface area contributed by atoms with Gasteiger partial charge < -0.3 is 4.90 Å². The van der Waals surface area contributed by atoms with Gasteiger partial charge in [-0.05, 0) is 78.7 Å². The van der Waals surface area contributed by atoms with Crippen molar-refractivity contribution in [3.05, 3.63) is 136 Å². The summed E-state index contributed by atoms with van der Waals surface area (Å²) in [5, 5.41) is 0. The normalized spacial score (nSPS) is 17.1. The van der Waals surface area contributed by atoms with Crippen molar-refractivity contribution in [3.63, 3.8) is 0 Å². The summed E-state index contributed by atoms with van der Waals surface area (Å²) >= 11 is 0. The van der Waals surface area contributed by atoms with Crippen LogP contribution in [0.2, 0.25) is 0 Å². The lowest BCUT2D eigenvalue weighted by atomic mass is 9.83. The van der Waals surface area contributed by atoms with Gasteiger partial charge in [0.15, 0.2) is 11.6 Å². The average Bonchev–Trinajstić information content (AvgIpc) is 2.92. The number of ketones is 2. The highest BCUT2D eigenvalue weighted by atomic mass is 16.1. The molecule has 208 valence electrons. The molecule has 0 aromatic heterocycles. The Kier molecular flexibility index (Phi) is 10.2. The van der Waals surface area contributed by atoms with Crippen molar-refractivity contribution in [1.29, 1.82) is 0 Å². The van der Waals surface area contributed by atoms with E-state index in [1.165, 1.54) is 28.0 Å². The third-order valence-corrected chi connectivity index (χ3v) is 7.81. The minimum absolute atomic E-state index is 0. The zero-order valence-electron chi connectivity index (χ0n) is 23.9. The fourth-order valence-corrected chi connectivity index (χ4v) is 5.48. The molecule has 0 amide bonds. The Morgan fingerprint density at radius 3 is 2.58 bits per heavy atom. The molecule has 4 rings (SSSR count). The number of hydrogen-bond donors (Lipinski definition) is 0. The van der Waals surface area contributed by atoms with Gasteiger partial charge in [-0.25, -0.2) is 0 Å². The molecule has 0 spiro atoms. The van der Waals surface area contributed by atoms with Gasteiger partial charge in [0.2, 0.25) is 0 Å². The van der Waals surface area contributed by atoms with Gasteiger partial charge in [0, 0.05) is 37.2 Å². The highest BCUT2D eigenvalue weighted by Crippen LogP contribution is 2.32. The molecule has 3 nitrogen and oxygen atoms in total. The SMILES string of the molecule is C.C=C(Cc1cccc(/C(=C/C)C2=C(CC)N(C)CC=C2)c1)C(=O)C1=CC=CC(Cc2ccc(C)c(C)c2)C1=O. The van der Waals surface area contributed by atoms with Gasteiger partial charge in [0.1, 0.15) is 0 Å². The third kappa shape index (κ3) is 6.59. The molecule has 2 aromatic rings. The molecule has 0 radical (unpaired) electrons. The van der Waals surface area contributed by atoms with Gasteiger partial charge >= 0.3 is 0 Å². The van der Waals surface area contributed by atoms with E-state index in [0.717, 1.165) is 29.7 Å². The van der Waals surface area contributed by atoms with Gasteiger partial charge in [0.25, 0.3) is 0 Å². The molecule has 1 unspecified atom stereocenters. The number of benzene rings is 2. The molecule has 0 saturated heterocycles. The molecule has 1 aliphatic heterocycles. The highest BCUT2D eigenvalue weighted by Gasteiger charge is 2.28. The first-order chi connectivity index (χ1) is 18.7. The molecular formula is C37H43NO2. The fourth-order valence-electron chi connectivity index (χ4n) is 5.48. The first-order valence-electron chi connectivity index (χ1n) is 13.8. The predicted molar refractivity (Wildman–Crippen MR) is 169 cm³/mol. The van der Waals surface area contributed by atoms with E-state index >= 15 is 0 Å². The van der Waals surface area contributed by atoms with Crippen molar-refractivity contribution in [2.45, 2.75) is 54.4 Å². The number of nitrogens with zero attached hydrogens (tertiary/aromatic N) is 1. The summed E-state index contributed by atoms with van der Waals surface area (Å²) in [5.74, 6) is -0.731. The Morgan fingerprint density at radius 1 is 1.10 bits per heavy atom. The number of Topliss-reactive ketones (excluding diaryl/α,β-unsaturated/α-hetero) is 2. The molecule has 1 heterocycles. The van der Waals surface area contributed by atoms with E-state index in [0.29, 0.717) is 18.4 Å². The van der Waals surface area contributed by atoms with Crippen LogP contribution in [0.4, 0.5) is 0 Å². The van der Waals surface area contributed by atoms with E-state index < -0.39 is 0 Å². The molecular weight excluding hydrogens is 490 g/mol. The monoisotopic (exact) mass is 533 g/mol.